The van der Waals surface area contributed by atoms with E-state index in [1.54, 1.807) is 18.5 Å². The van der Waals surface area contributed by atoms with Gasteiger partial charge in [-0.25, -0.2) is 4.39 Å². The standard InChI is InChI=1S/C13H10BrFN2O2/c1-19-12-3-2-8(6-10(12)15)13(18)17-11-4-5-16-7-9(11)14/h2-7H,1H3,(H,16,17,18). The third-order valence-electron chi connectivity index (χ3n) is 2.43. The minimum atomic E-state index is -0.580. The average Bonchev–Trinajstić information content (AvgIpc) is 2.41. The zero-order chi connectivity index (χ0) is 13.8. The molecule has 0 fully saturated rings. The topological polar surface area (TPSA) is 51.2 Å². The molecule has 1 aromatic carbocycles. The fourth-order valence-corrected chi connectivity index (χ4v) is 1.83. The second-order valence-electron chi connectivity index (χ2n) is 3.66. The number of pyridine rings is 1. The Morgan fingerprint density at radius 2 is 2.21 bits per heavy atom. The van der Waals surface area contributed by atoms with E-state index in [0.29, 0.717) is 10.2 Å². The van der Waals surface area contributed by atoms with Gasteiger partial charge in [0.15, 0.2) is 11.6 Å². The third kappa shape index (κ3) is 3.08. The zero-order valence-electron chi connectivity index (χ0n) is 9.98. The summed E-state index contributed by atoms with van der Waals surface area (Å²) < 4.78 is 18.9. The quantitative estimate of drug-likeness (QED) is 0.942. The molecule has 0 aliphatic rings. The number of anilines is 1. The zero-order valence-corrected chi connectivity index (χ0v) is 11.6. The molecule has 0 aliphatic heterocycles. The molecule has 0 saturated heterocycles. The van der Waals surface area contributed by atoms with Gasteiger partial charge < -0.3 is 10.1 Å². The molecule has 0 aliphatic carbocycles. The van der Waals surface area contributed by atoms with Crippen LogP contribution in [-0.4, -0.2) is 18.0 Å². The smallest absolute Gasteiger partial charge is 0.255 e. The fourth-order valence-electron chi connectivity index (χ4n) is 1.48. The number of ether oxygens (including phenoxy) is 1. The van der Waals surface area contributed by atoms with Crippen LogP contribution < -0.4 is 10.1 Å². The average molecular weight is 325 g/mol. The first-order valence-corrected chi connectivity index (χ1v) is 6.15. The first-order chi connectivity index (χ1) is 9.11. The van der Waals surface area contributed by atoms with Crippen molar-refractivity contribution < 1.29 is 13.9 Å². The number of aromatic nitrogens is 1. The van der Waals surface area contributed by atoms with Gasteiger partial charge in [0.2, 0.25) is 0 Å². The highest BCUT2D eigenvalue weighted by Crippen LogP contribution is 2.22. The van der Waals surface area contributed by atoms with E-state index >= 15 is 0 Å². The lowest BCUT2D eigenvalue weighted by molar-refractivity contribution is 0.102. The monoisotopic (exact) mass is 324 g/mol. The van der Waals surface area contributed by atoms with Gasteiger partial charge in [-0.1, -0.05) is 0 Å². The summed E-state index contributed by atoms with van der Waals surface area (Å²) in [6, 6.07) is 5.67. The molecule has 0 spiro atoms. The van der Waals surface area contributed by atoms with E-state index in [0.717, 1.165) is 6.07 Å². The van der Waals surface area contributed by atoms with E-state index in [9.17, 15) is 9.18 Å². The highest BCUT2D eigenvalue weighted by molar-refractivity contribution is 9.10. The fraction of sp³-hybridized carbons (Fsp3) is 0.0769. The molecule has 1 N–H and O–H groups in total. The van der Waals surface area contributed by atoms with E-state index in [1.807, 2.05) is 0 Å². The summed E-state index contributed by atoms with van der Waals surface area (Å²) in [6.07, 6.45) is 3.11. The predicted octanol–water partition coefficient (Wildman–Crippen LogP) is 3.24. The van der Waals surface area contributed by atoms with Crippen LogP contribution in [0.25, 0.3) is 0 Å². The van der Waals surface area contributed by atoms with Crippen LogP contribution in [0.4, 0.5) is 10.1 Å². The van der Waals surface area contributed by atoms with Gasteiger partial charge in [0.1, 0.15) is 0 Å². The summed E-state index contributed by atoms with van der Waals surface area (Å²) in [5.74, 6) is -0.890. The number of methoxy groups -OCH3 is 1. The molecular weight excluding hydrogens is 315 g/mol. The van der Waals surface area contributed by atoms with E-state index in [4.69, 9.17) is 4.74 Å². The van der Waals surface area contributed by atoms with Gasteiger partial charge in [0.25, 0.3) is 5.91 Å². The molecule has 98 valence electrons. The highest BCUT2D eigenvalue weighted by Gasteiger charge is 2.11. The summed E-state index contributed by atoms with van der Waals surface area (Å²) in [4.78, 5) is 15.8. The van der Waals surface area contributed by atoms with Crippen molar-refractivity contribution in [2.45, 2.75) is 0 Å². The summed E-state index contributed by atoms with van der Waals surface area (Å²) in [7, 11) is 1.37. The van der Waals surface area contributed by atoms with Gasteiger partial charge in [-0.05, 0) is 40.2 Å². The molecule has 6 heteroatoms. The van der Waals surface area contributed by atoms with Crippen LogP contribution in [-0.2, 0) is 0 Å². The van der Waals surface area contributed by atoms with Crippen molar-refractivity contribution in [3.8, 4) is 5.75 Å². The molecule has 1 heterocycles. The number of halogens is 2. The van der Waals surface area contributed by atoms with Crippen molar-refractivity contribution in [2.24, 2.45) is 0 Å². The van der Waals surface area contributed by atoms with Crippen LogP contribution in [0, 0.1) is 5.82 Å². The first-order valence-electron chi connectivity index (χ1n) is 5.36. The van der Waals surface area contributed by atoms with Crippen LogP contribution in [0.15, 0.2) is 41.1 Å². The van der Waals surface area contributed by atoms with Gasteiger partial charge >= 0.3 is 0 Å². The number of nitrogens with one attached hydrogen (secondary N) is 1. The van der Waals surface area contributed by atoms with Crippen LogP contribution >= 0.6 is 15.9 Å². The Morgan fingerprint density at radius 1 is 1.42 bits per heavy atom. The molecule has 1 aromatic heterocycles. The van der Waals surface area contributed by atoms with Crippen LogP contribution in [0.5, 0.6) is 5.75 Å². The van der Waals surface area contributed by atoms with Gasteiger partial charge in [0.05, 0.1) is 17.3 Å². The van der Waals surface area contributed by atoms with Crippen LogP contribution in [0.3, 0.4) is 0 Å². The second-order valence-corrected chi connectivity index (χ2v) is 4.51. The molecule has 19 heavy (non-hydrogen) atoms. The van der Waals surface area contributed by atoms with Crippen LogP contribution in [0.2, 0.25) is 0 Å². The number of benzene rings is 1. The second kappa shape index (κ2) is 5.79. The van der Waals surface area contributed by atoms with Crippen molar-refractivity contribution in [2.75, 3.05) is 12.4 Å². The number of carbonyl (C=O) groups excluding carboxylic acids is 1. The number of nitrogens with zero attached hydrogens (tertiary/aromatic N) is 1. The van der Waals surface area contributed by atoms with E-state index in [-0.39, 0.29) is 11.3 Å². The van der Waals surface area contributed by atoms with Crippen molar-refractivity contribution in [3.05, 3.63) is 52.5 Å². The summed E-state index contributed by atoms with van der Waals surface area (Å²) in [5.41, 5.74) is 0.776. The minimum absolute atomic E-state index is 0.0987. The maximum Gasteiger partial charge on any atom is 0.255 e. The lowest BCUT2D eigenvalue weighted by atomic mass is 10.2. The highest BCUT2D eigenvalue weighted by atomic mass is 79.9. The number of carbonyl (C=O) groups is 1. The third-order valence-corrected chi connectivity index (χ3v) is 3.07. The van der Waals surface area contributed by atoms with Crippen molar-refractivity contribution in [1.29, 1.82) is 0 Å². The molecule has 2 rings (SSSR count). The number of hydrogen-bond acceptors (Lipinski definition) is 3. The lowest BCUT2D eigenvalue weighted by Crippen LogP contribution is -2.12. The Morgan fingerprint density at radius 3 is 2.84 bits per heavy atom. The SMILES string of the molecule is COc1ccc(C(=O)Nc2ccncc2Br)cc1F. The number of amides is 1. The lowest BCUT2D eigenvalue weighted by Gasteiger charge is -2.08. The van der Waals surface area contributed by atoms with E-state index < -0.39 is 11.7 Å². The molecule has 0 saturated carbocycles. The molecule has 0 atom stereocenters. The Balaban J connectivity index is 2.21. The maximum atomic E-state index is 13.5. The molecule has 0 unspecified atom stereocenters. The van der Waals surface area contributed by atoms with Gasteiger partial charge in [-0.3, -0.25) is 9.78 Å². The van der Waals surface area contributed by atoms with Crippen molar-refractivity contribution >= 4 is 27.5 Å². The molecule has 0 bridgehead atoms. The van der Waals surface area contributed by atoms with Crippen molar-refractivity contribution in [1.82, 2.24) is 4.98 Å². The first kappa shape index (κ1) is 13.5. The van der Waals surface area contributed by atoms with Crippen LogP contribution in [0.1, 0.15) is 10.4 Å². The molecule has 1 amide bonds. The summed E-state index contributed by atoms with van der Waals surface area (Å²) >= 11 is 3.26. The van der Waals surface area contributed by atoms with Crippen molar-refractivity contribution in [3.63, 3.8) is 0 Å². The Hall–Kier alpha value is -1.95. The molecular formula is C13H10BrFN2O2. The predicted molar refractivity (Wildman–Crippen MR) is 72.8 cm³/mol. The van der Waals surface area contributed by atoms with Gasteiger partial charge in [-0.15, -0.1) is 0 Å². The Kier molecular flexibility index (Phi) is 4.11. The van der Waals surface area contributed by atoms with E-state index in [2.05, 4.69) is 26.2 Å². The maximum absolute atomic E-state index is 13.5. The van der Waals surface area contributed by atoms with E-state index in [1.165, 1.54) is 19.2 Å². The molecule has 2 aromatic rings. The molecule has 0 radical (unpaired) electrons. The largest absolute Gasteiger partial charge is 0.494 e. The Bertz CT molecular complexity index is 619. The van der Waals surface area contributed by atoms with Gasteiger partial charge in [0, 0.05) is 18.0 Å². The molecule has 4 nitrogen and oxygen atoms in total. The summed E-state index contributed by atoms with van der Waals surface area (Å²) in [6.45, 7) is 0. The normalized spacial score (nSPS) is 10.1. The Labute approximate surface area is 117 Å². The number of hydrogen-bond donors (Lipinski definition) is 1. The van der Waals surface area contributed by atoms with Gasteiger partial charge in [-0.2, -0.15) is 0 Å². The summed E-state index contributed by atoms with van der Waals surface area (Å²) in [5, 5.41) is 2.66. The minimum Gasteiger partial charge on any atom is -0.494 e. The number of rotatable bonds is 3.